The van der Waals surface area contributed by atoms with Crippen molar-refractivity contribution in [2.24, 2.45) is 0 Å². The summed E-state index contributed by atoms with van der Waals surface area (Å²) in [5, 5.41) is 8.93. The van der Waals surface area contributed by atoms with Crippen molar-refractivity contribution >= 4 is 27.2 Å². The van der Waals surface area contributed by atoms with Crippen LogP contribution in [0.15, 0.2) is 34.5 Å². The molecule has 0 aromatic carbocycles. The van der Waals surface area contributed by atoms with Crippen LogP contribution in [0, 0.1) is 6.92 Å². The van der Waals surface area contributed by atoms with Gasteiger partial charge in [0.15, 0.2) is 0 Å². The predicted molar refractivity (Wildman–Crippen MR) is 70.0 cm³/mol. The third kappa shape index (κ3) is 2.87. The van der Waals surface area contributed by atoms with Gasteiger partial charge in [-0.05, 0) is 31.2 Å². The first-order valence-corrected chi connectivity index (χ1v) is 7.47. The van der Waals surface area contributed by atoms with E-state index in [0.717, 1.165) is 17.0 Å². The first kappa shape index (κ1) is 13.0. The average molecular weight is 284 g/mol. The molecule has 0 radical (unpaired) electrons. The fourth-order valence-electron chi connectivity index (χ4n) is 1.38. The second-order valence-corrected chi connectivity index (χ2v) is 6.73. The number of pyridine rings is 1. The number of aromatic nitrogens is 1. The van der Waals surface area contributed by atoms with E-state index in [9.17, 15) is 8.42 Å². The summed E-state index contributed by atoms with van der Waals surface area (Å²) in [7, 11) is -3.62. The van der Waals surface area contributed by atoms with Gasteiger partial charge in [-0.3, -0.25) is 4.72 Å². The van der Waals surface area contributed by atoms with E-state index in [1.54, 1.807) is 31.2 Å². The first-order chi connectivity index (χ1) is 8.51. The van der Waals surface area contributed by atoms with Gasteiger partial charge in [-0.15, -0.1) is 11.3 Å². The Balaban J connectivity index is 2.27. The Labute approximate surface area is 109 Å². The van der Waals surface area contributed by atoms with Gasteiger partial charge in [0, 0.05) is 10.6 Å². The molecule has 0 aliphatic carbocycles. The zero-order chi connectivity index (χ0) is 13.2. The summed E-state index contributed by atoms with van der Waals surface area (Å²) < 4.78 is 26.6. The number of nitrogens with zero attached hydrogens (tertiary/aromatic N) is 1. The molecule has 7 heteroatoms. The number of hydrogen-bond acceptors (Lipinski definition) is 5. The van der Waals surface area contributed by atoms with Crippen LogP contribution in [0.25, 0.3) is 0 Å². The molecule has 96 valence electrons. The molecular formula is C11H12N2O3S2. The molecule has 2 aromatic rings. The Morgan fingerprint density at radius 3 is 2.72 bits per heavy atom. The molecule has 2 N–H and O–H groups in total. The second kappa shape index (κ2) is 5.05. The summed E-state index contributed by atoms with van der Waals surface area (Å²) in [6, 6.07) is 8.16. The van der Waals surface area contributed by atoms with Crippen LogP contribution in [0.4, 0.5) is 5.82 Å². The number of aliphatic hydroxyl groups is 1. The van der Waals surface area contributed by atoms with Gasteiger partial charge in [-0.1, -0.05) is 6.07 Å². The van der Waals surface area contributed by atoms with E-state index in [-0.39, 0.29) is 16.6 Å². The number of anilines is 1. The lowest BCUT2D eigenvalue weighted by Gasteiger charge is -2.05. The molecule has 18 heavy (non-hydrogen) atoms. The topological polar surface area (TPSA) is 79.3 Å². The smallest absolute Gasteiger partial charge is 0.272 e. The summed E-state index contributed by atoms with van der Waals surface area (Å²) in [5.74, 6) is 0.286. The molecule has 0 spiro atoms. The van der Waals surface area contributed by atoms with Gasteiger partial charge in [-0.25, -0.2) is 13.4 Å². The van der Waals surface area contributed by atoms with Gasteiger partial charge in [0.25, 0.3) is 10.0 Å². The summed E-state index contributed by atoms with van der Waals surface area (Å²) in [6.07, 6.45) is 0. The van der Waals surface area contributed by atoms with Crippen molar-refractivity contribution in [3.05, 3.63) is 40.9 Å². The summed E-state index contributed by atoms with van der Waals surface area (Å²) >= 11 is 1.04. The molecule has 2 rings (SSSR count). The van der Waals surface area contributed by atoms with Crippen LogP contribution >= 0.6 is 11.3 Å². The Morgan fingerprint density at radius 1 is 1.33 bits per heavy atom. The van der Waals surface area contributed by atoms with E-state index < -0.39 is 10.0 Å². The maximum Gasteiger partial charge on any atom is 0.272 e. The summed E-state index contributed by atoms with van der Waals surface area (Å²) in [5.41, 5.74) is 0.734. The Morgan fingerprint density at radius 2 is 2.11 bits per heavy atom. The van der Waals surface area contributed by atoms with Gasteiger partial charge in [-0.2, -0.15) is 0 Å². The van der Waals surface area contributed by atoms with Crippen LogP contribution in [0.3, 0.4) is 0 Å². The molecular weight excluding hydrogens is 272 g/mol. The molecule has 0 saturated heterocycles. The molecule has 0 aliphatic rings. The largest absolute Gasteiger partial charge is 0.391 e. The van der Waals surface area contributed by atoms with Crippen molar-refractivity contribution in [3.8, 4) is 0 Å². The Kier molecular flexibility index (Phi) is 3.65. The number of thiophene rings is 1. The second-order valence-electron chi connectivity index (χ2n) is 3.65. The number of aliphatic hydroxyl groups excluding tert-OH is 1. The zero-order valence-electron chi connectivity index (χ0n) is 9.62. The molecule has 0 bridgehead atoms. The first-order valence-electron chi connectivity index (χ1n) is 5.17. The molecule has 0 unspecified atom stereocenters. The highest BCUT2D eigenvalue weighted by atomic mass is 32.2. The van der Waals surface area contributed by atoms with Crippen LogP contribution in [0.2, 0.25) is 0 Å². The van der Waals surface area contributed by atoms with Crippen molar-refractivity contribution in [2.75, 3.05) is 4.72 Å². The van der Waals surface area contributed by atoms with Crippen LogP contribution in [0.1, 0.15) is 10.6 Å². The van der Waals surface area contributed by atoms with Gasteiger partial charge in [0.1, 0.15) is 10.0 Å². The Hall–Kier alpha value is -1.44. The number of aryl methyl sites for hydroxylation is 1. The van der Waals surface area contributed by atoms with Crippen LogP contribution in [-0.4, -0.2) is 18.5 Å². The molecule has 0 atom stereocenters. The minimum atomic E-state index is -3.62. The van der Waals surface area contributed by atoms with Crippen molar-refractivity contribution in [2.45, 2.75) is 17.7 Å². The lowest BCUT2D eigenvalue weighted by Crippen LogP contribution is -2.12. The van der Waals surface area contributed by atoms with E-state index in [0.29, 0.717) is 4.88 Å². The van der Waals surface area contributed by atoms with E-state index in [1.165, 1.54) is 6.07 Å². The highest BCUT2D eigenvalue weighted by Gasteiger charge is 2.17. The molecule has 5 nitrogen and oxygen atoms in total. The van der Waals surface area contributed by atoms with E-state index in [2.05, 4.69) is 9.71 Å². The monoisotopic (exact) mass is 284 g/mol. The normalized spacial score (nSPS) is 11.4. The highest BCUT2D eigenvalue weighted by molar-refractivity contribution is 7.94. The van der Waals surface area contributed by atoms with Crippen molar-refractivity contribution < 1.29 is 13.5 Å². The predicted octanol–water partition coefficient (Wildman–Crippen LogP) is 1.74. The molecule has 0 amide bonds. The quantitative estimate of drug-likeness (QED) is 0.896. The standard InChI is InChI=1S/C11H12N2O3S2/c1-8-3-2-4-10(12-8)13-18(15,16)11-6-5-9(7-14)17-11/h2-6,14H,7H2,1H3,(H,12,13). The highest BCUT2D eigenvalue weighted by Crippen LogP contribution is 2.23. The van der Waals surface area contributed by atoms with Crippen molar-refractivity contribution in [3.63, 3.8) is 0 Å². The van der Waals surface area contributed by atoms with Gasteiger partial charge in [0.2, 0.25) is 0 Å². The SMILES string of the molecule is Cc1cccc(NS(=O)(=O)c2ccc(CO)s2)n1. The van der Waals surface area contributed by atoms with Crippen LogP contribution in [-0.2, 0) is 16.6 Å². The fraction of sp³-hybridized carbons (Fsp3) is 0.182. The molecule has 0 saturated carbocycles. The lowest BCUT2D eigenvalue weighted by molar-refractivity contribution is 0.285. The van der Waals surface area contributed by atoms with E-state index in [4.69, 9.17) is 5.11 Å². The van der Waals surface area contributed by atoms with Crippen LogP contribution in [0.5, 0.6) is 0 Å². The Bertz CT molecular complexity index is 650. The number of rotatable bonds is 4. The zero-order valence-corrected chi connectivity index (χ0v) is 11.3. The van der Waals surface area contributed by atoms with Crippen molar-refractivity contribution in [1.82, 2.24) is 4.98 Å². The fourth-order valence-corrected chi connectivity index (χ4v) is 3.59. The lowest BCUT2D eigenvalue weighted by atomic mass is 10.4. The number of hydrogen-bond donors (Lipinski definition) is 2. The third-order valence-electron chi connectivity index (χ3n) is 2.18. The van der Waals surface area contributed by atoms with E-state index >= 15 is 0 Å². The molecule has 2 heterocycles. The van der Waals surface area contributed by atoms with Gasteiger partial charge < -0.3 is 5.11 Å². The molecule has 0 fully saturated rings. The molecule has 2 aromatic heterocycles. The summed E-state index contributed by atoms with van der Waals surface area (Å²) in [6.45, 7) is 1.62. The van der Waals surface area contributed by atoms with E-state index in [1.807, 2.05) is 0 Å². The maximum atomic E-state index is 12.0. The molecule has 0 aliphatic heterocycles. The third-order valence-corrected chi connectivity index (χ3v) is 5.10. The number of nitrogens with one attached hydrogen (secondary N) is 1. The average Bonchev–Trinajstić information content (AvgIpc) is 2.77. The van der Waals surface area contributed by atoms with Crippen LogP contribution < -0.4 is 4.72 Å². The van der Waals surface area contributed by atoms with Gasteiger partial charge in [0.05, 0.1) is 6.61 Å². The van der Waals surface area contributed by atoms with Crippen molar-refractivity contribution in [1.29, 1.82) is 0 Å². The van der Waals surface area contributed by atoms with Gasteiger partial charge >= 0.3 is 0 Å². The minimum Gasteiger partial charge on any atom is -0.391 e. The maximum absolute atomic E-state index is 12.0. The summed E-state index contributed by atoms with van der Waals surface area (Å²) in [4.78, 5) is 4.68. The number of sulfonamides is 1. The minimum absolute atomic E-state index is 0.162.